The molecule has 0 radical (unpaired) electrons. The molecule has 168 valence electrons. The molecular weight excluding hydrogens is 421 g/mol. The van der Waals surface area contributed by atoms with E-state index in [0.717, 1.165) is 32.0 Å². The standard InChI is InChI=1S/C22H23F3N6O/c1-11(13-6-5-7-14(17(13)23)18(24)25)27-20-16-10-15(19(26)32)22(31-8-3-4-9-31)30-21(16)29-12(2)28-20/h5-7,10-11,18H,3-4,8-9H2,1-2H3,(H2,26,32)(H,27,28,29,30)/t11-/m1/s1. The highest BCUT2D eigenvalue weighted by Gasteiger charge is 2.24. The zero-order valence-electron chi connectivity index (χ0n) is 17.7. The van der Waals surface area contributed by atoms with Crippen LogP contribution in [-0.4, -0.2) is 33.9 Å². The maximum atomic E-state index is 14.6. The predicted octanol–water partition coefficient (Wildman–Crippen LogP) is 4.28. The fraction of sp³-hybridized carbons (Fsp3) is 0.364. The number of hydrogen-bond donors (Lipinski definition) is 2. The fourth-order valence-electron chi connectivity index (χ4n) is 3.97. The number of benzene rings is 1. The number of halogens is 3. The number of nitrogens with two attached hydrogens (primary N) is 1. The summed E-state index contributed by atoms with van der Waals surface area (Å²) in [6.07, 6.45) is -0.932. The number of hydrogen-bond acceptors (Lipinski definition) is 6. The van der Waals surface area contributed by atoms with Crippen molar-refractivity contribution >= 4 is 28.6 Å². The number of amides is 1. The van der Waals surface area contributed by atoms with Gasteiger partial charge in [0.25, 0.3) is 12.3 Å². The smallest absolute Gasteiger partial charge is 0.266 e. The van der Waals surface area contributed by atoms with Crippen LogP contribution in [0.3, 0.4) is 0 Å². The molecule has 1 aromatic carbocycles. The van der Waals surface area contributed by atoms with Gasteiger partial charge in [0.2, 0.25) is 0 Å². The molecule has 1 atom stereocenters. The summed E-state index contributed by atoms with van der Waals surface area (Å²) < 4.78 is 40.9. The minimum absolute atomic E-state index is 0.0731. The van der Waals surface area contributed by atoms with Gasteiger partial charge in [0.15, 0.2) is 5.65 Å². The van der Waals surface area contributed by atoms with Crippen LogP contribution < -0.4 is 16.0 Å². The molecule has 3 aromatic rings. The molecule has 10 heteroatoms. The molecule has 1 fully saturated rings. The number of carbonyl (C=O) groups excluding carboxylic acids is 1. The summed E-state index contributed by atoms with van der Waals surface area (Å²) in [6.45, 7) is 4.86. The van der Waals surface area contributed by atoms with E-state index in [9.17, 15) is 18.0 Å². The first-order valence-corrected chi connectivity index (χ1v) is 10.3. The van der Waals surface area contributed by atoms with Crippen molar-refractivity contribution in [2.75, 3.05) is 23.3 Å². The van der Waals surface area contributed by atoms with Gasteiger partial charge in [0, 0.05) is 18.7 Å². The average Bonchev–Trinajstić information content (AvgIpc) is 3.27. The Labute approximate surface area is 182 Å². The average molecular weight is 444 g/mol. The third-order valence-electron chi connectivity index (χ3n) is 5.56. The first kappa shape index (κ1) is 21.8. The van der Waals surface area contributed by atoms with Crippen LogP contribution in [0.4, 0.5) is 24.8 Å². The van der Waals surface area contributed by atoms with Crippen LogP contribution in [0.2, 0.25) is 0 Å². The fourth-order valence-corrected chi connectivity index (χ4v) is 3.97. The lowest BCUT2D eigenvalue weighted by Crippen LogP contribution is -2.24. The number of carbonyl (C=O) groups is 1. The van der Waals surface area contributed by atoms with Gasteiger partial charge >= 0.3 is 0 Å². The van der Waals surface area contributed by atoms with Crippen molar-refractivity contribution in [2.45, 2.75) is 39.2 Å². The quantitative estimate of drug-likeness (QED) is 0.589. The molecule has 3 N–H and O–H groups in total. The summed E-state index contributed by atoms with van der Waals surface area (Å²) >= 11 is 0. The summed E-state index contributed by atoms with van der Waals surface area (Å²) in [6, 6.07) is 4.77. The highest BCUT2D eigenvalue weighted by molar-refractivity contribution is 6.03. The van der Waals surface area contributed by atoms with Crippen molar-refractivity contribution in [3.8, 4) is 0 Å². The summed E-state index contributed by atoms with van der Waals surface area (Å²) in [5.74, 6) is -0.387. The van der Waals surface area contributed by atoms with Crippen LogP contribution in [-0.2, 0) is 0 Å². The highest BCUT2D eigenvalue weighted by Crippen LogP contribution is 2.32. The molecule has 1 amide bonds. The van der Waals surface area contributed by atoms with Crippen LogP contribution >= 0.6 is 0 Å². The summed E-state index contributed by atoms with van der Waals surface area (Å²) in [5, 5.41) is 3.50. The van der Waals surface area contributed by atoms with E-state index in [1.54, 1.807) is 19.9 Å². The second kappa shape index (κ2) is 8.60. The van der Waals surface area contributed by atoms with Crippen molar-refractivity contribution in [1.82, 2.24) is 15.0 Å². The molecule has 1 saturated heterocycles. The number of nitrogens with zero attached hydrogens (tertiary/aromatic N) is 4. The molecule has 0 bridgehead atoms. The monoisotopic (exact) mass is 444 g/mol. The zero-order valence-corrected chi connectivity index (χ0v) is 17.7. The van der Waals surface area contributed by atoms with E-state index in [0.29, 0.717) is 28.5 Å². The van der Waals surface area contributed by atoms with Gasteiger partial charge in [-0.25, -0.2) is 28.1 Å². The first-order valence-electron chi connectivity index (χ1n) is 10.3. The number of aryl methyl sites for hydroxylation is 1. The van der Waals surface area contributed by atoms with E-state index in [1.165, 1.54) is 12.1 Å². The van der Waals surface area contributed by atoms with Crippen molar-refractivity contribution in [1.29, 1.82) is 0 Å². The molecule has 2 aromatic heterocycles. The van der Waals surface area contributed by atoms with Crippen LogP contribution in [0, 0.1) is 12.7 Å². The maximum Gasteiger partial charge on any atom is 0.266 e. The van der Waals surface area contributed by atoms with Crippen LogP contribution in [0.1, 0.15) is 59.5 Å². The Balaban J connectivity index is 1.78. The minimum atomic E-state index is -2.92. The molecule has 0 aliphatic carbocycles. The normalized spacial score (nSPS) is 14.9. The molecular formula is C22H23F3N6O. The summed E-state index contributed by atoms with van der Waals surface area (Å²) in [5.41, 5.74) is 5.64. The Morgan fingerprint density at radius 3 is 2.50 bits per heavy atom. The number of pyridine rings is 1. The molecule has 3 heterocycles. The van der Waals surface area contributed by atoms with Gasteiger partial charge in [-0.2, -0.15) is 0 Å². The van der Waals surface area contributed by atoms with E-state index < -0.39 is 29.8 Å². The minimum Gasteiger partial charge on any atom is -0.365 e. The second-order valence-electron chi connectivity index (χ2n) is 7.83. The number of nitrogens with one attached hydrogen (secondary N) is 1. The van der Waals surface area contributed by atoms with Crippen molar-refractivity contribution in [3.63, 3.8) is 0 Å². The van der Waals surface area contributed by atoms with Crippen molar-refractivity contribution < 1.29 is 18.0 Å². The number of anilines is 2. The van der Waals surface area contributed by atoms with Crippen molar-refractivity contribution in [2.24, 2.45) is 5.73 Å². The van der Waals surface area contributed by atoms with Crippen LogP contribution in [0.15, 0.2) is 24.3 Å². The van der Waals surface area contributed by atoms with Gasteiger partial charge in [-0.3, -0.25) is 4.79 Å². The van der Waals surface area contributed by atoms with E-state index in [4.69, 9.17) is 5.73 Å². The van der Waals surface area contributed by atoms with E-state index in [1.807, 2.05) is 4.90 Å². The lowest BCUT2D eigenvalue weighted by atomic mass is 10.0. The molecule has 0 spiro atoms. The highest BCUT2D eigenvalue weighted by atomic mass is 19.3. The third-order valence-corrected chi connectivity index (χ3v) is 5.56. The predicted molar refractivity (Wildman–Crippen MR) is 115 cm³/mol. The van der Waals surface area contributed by atoms with Crippen LogP contribution in [0.5, 0.6) is 0 Å². The number of alkyl halides is 2. The third kappa shape index (κ3) is 4.04. The lowest BCUT2D eigenvalue weighted by molar-refractivity contribution is 0.100. The Hall–Kier alpha value is -3.43. The number of aromatic nitrogens is 3. The number of primary amides is 1. The van der Waals surface area contributed by atoms with Gasteiger partial charge in [0.1, 0.15) is 23.3 Å². The maximum absolute atomic E-state index is 14.6. The second-order valence-corrected chi connectivity index (χ2v) is 7.83. The van der Waals surface area contributed by atoms with E-state index in [2.05, 4.69) is 20.3 Å². The van der Waals surface area contributed by atoms with Gasteiger partial charge < -0.3 is 16.0 Å². The molecule has 7 nitrogen and oxygen atoms in total. The Bertz CT molecular complexity index is 1180. The molecule has 1 aliphatic rings. The summed E-state index contributed by atoms with van der Waals surface area (Å²) in [7, 11) is 0. The largest absolute Gasteiger partial charge is 0.365 e. The number of rotatable bonds is 6. The van der Waals surface area contributed by atoms with Gasteiger partial charge in [-0.15, -0.1) is 0 Å². The molecule has 32 heavy (non-hydrogen) atoms. The lowest BCUT2D eigenvalue weighted by Gasteiger charge is -2.21. The molecule has 0 saturated carbocycles. The Morgan fingerprint density at radius 2 is 1.84 bits per heavy atom. The SMILES string of the molecule is Cc1nc(N[C@H](C)c2cccc(C(F)F)c2F)c2cc(C(N)=O)c(N3CCCC3)nc2n1. The van der Waals surface area contributed by atoms with Gasteiger partial charge in [-0.1, -0.05) is 18.2 Å². The zero-order chi connectivity index (χ0) is 23.0. The van der Waals surface area contributed by atoms with Crippen molar-refractivity contribution in [3.05, 3.63) is 52.6 Å². The van der Waals surface area contributed by atoms with Crippen LogP contribution in [0.25, 0.3) is 11.0 Å². The van der Waals surface area contributed by atoms with E-state index in [-0.39, 0.29) is 11.1 Å². The number of fused-ring (bicyclic) bond motifs is 1. The topological polar surface area (TPSA) is 97.0 Å². The Morgan fingerprint density at radius 1 is 1.16 bits per heavy atom. The molecule has 0 unspecified atom stereocenters. The molecule has 1 aliphatic heterocycles. The van der Waals surface area contributed by atoms with Gasteiger partial charge in [-0.05, 0) is 32.8 Å². The molecule has 4 rings (SSSR count). The summed E-state index contributed by atoms with van der Waals surface area (Å²) in [4.78, 5) is 27.5. The van der Waals surface area contributed by atoms with E-state index >= 15 is 0 Å². The Kier molecular flexibility index (Phi) is 5.86. The first-order chi connectivity index (χ1) is 15.3. The van der Waals surface area contributed by atoms with Gasteiger partial charge in [0.05, 0.1) is 22.6 Å².